The predicted molar refractivity (Wildman–Crippen MR) is 31.6 cm³/mol. The first-order chi connectivity index (χ1) is 3.73. The van der Waals surface area contributed by atoms with E-state index in [2.05, 4.69) is 11.5 Å². The van der Waals surface area contributed by atoms with Crippen LogP contribution in [0.1, 0.15) is 0 Å². The molecule has 0 aromatic rings. The summed E-state index contributed by atoms with van der Waals surface area (Å²) in [7, 11) is -4.67. The van der Waals surface area contributed by atoms with Gasteiger partial charge in [0.1, 0.15) is 0 Å². The van der Waals surface area contributed by atoms with Gasteiger partial charge in [0.05, 0.1) is 0 Å². The van der Waals surface area contributed by atoms with Crippen molar-refractivity contribution in [1.82, 2.24) is 0 Å². The van der Waals surface area contributed by atoms with Crippen LogP contribution in [0, 0.1) is 0 Å². The Kier molecular flexibility index (Phi) is 9.99. The molecule has 0 spiro atoms. The van der Waals surface area contributed by atoms with E-state index in [-0.39, 0.29) is 5.48 Å². The van der Waals surface area contributed by atoms with Crippen LogP contribution < -0.4 is 11.5 Å². The Balaban J connectivity index is -0.0000000910. The summed E-state index contributed by atoms with van der Waals surface area (Å²) in [6.07, 6.45) is 0. The number of hydrogen-bond donors (Lipinski definition) is 4. The van der Waals surface area contributed by atoms with E-state index in [1.807, 2.05) is 0 Å². The molecule has 64 valence electrons. The molecule has 2 amide bonds. The van der Waals surface area contributed by atoms with Gasteiger partial charge in [-0.3, -0.25) is 9.11 Å². The minimum Gasteiger partial charge on any atom is -0.412 e. The maximum atomic E-state index is 9.00. The molecule has 8 N–H and O–H groups in total. The molecule has 0 aliphatic carbocycles. The van der Waals surface area contributed by atoms with Crippen molar-refractivity contribution >= 4 is 16.4 Å². The van der Waals surface area contributed by atoms with Crippen molar-refractivity contribution in [2.75, 3.05) is 0 Å². The minimum atomic E-state index is -4.67. The molecule has 8 nitrogen and oxygen atoms in total. The highest BCUT2D eigenvalue weighted by Crippen LogP contribution is 1.59. The van der Waals surface area contributed by atoms with Gasteiger partial charge in [0.15, 0.2) is 0 Å². The van der Waals surface area contributed by atoms with E-state index in [0.29, 0.717) is 0 Å². The summed E-state index contributed by atoms with van der Waals surface area (Å²) in [5.41, 5.74) is 8.50. The fourth-order valence-electron chi connectivity index (χ4n) is 0. The maximum absolute atomic E-state index is 9.00. The van der Waals surface area contributed by atoms with Gasteiger partial charge in [-0.05, 0) is 0 Å². The van der Waals surface area contributed by atoms with Crippen molar-refractivity contribution < 1.29 is 27.8 Å². The van der Waals surface area contributed by atoms with Gasteiger partial charge in [0.25, 0.3) is 0 Å². The van der Waals surface area contributed by atoms with Gasteiger partial charge >= 0.3 is 16.4 Å². The number of hydrogen-bond acceptors (Lipinski definition) is 3. The van der Waals surface area contributed by atoms with Crippen LogP contribution in [0.3, 0.4) is 0 Å². The zero-order valence-corrected chi connectivity index (χ0v) is 5.50. The lowest BCUT2D eigenvalue weighted by Crippen LogP contribution is -2.18. The monoisotopic (exact) mass is 176 g/mol. The second-order valence-electron chi connectivity index (χ2n) is 0.850. The molecular formula is CH8N2O6S. The van der Waals surface area contributed by atoms with Crippen LogP contribution in [-0.4, -0.2) is 29.0 Å². The highest BCUT2D eigenvalue weighted by Gasteiger charge is 1.84. The molecule has 0 saturated carbocycles. The Morgan fingerprint density at radius 2 is 1.20 bits per heavy atom. The lowest BCUT2D eigenvalue weighted by molar-refractivity contribution is 0.256. The summed E-state index contributed by atoms with van der Waals surface area (Å²) in [6.45, 7) is 0. The summed E-state index contributed by atoms with van der Waals surface area (Å²) in [5, 5.41) is 0. The standard InChI is InChI=1S/CH4N2O.H2O4S.H2O/c2-1(3)4;1-5(2,3)4;/h(H4,2,3,4);(H2,1,2,3,4);1H2. The van der Waals surface area contributed by atoms with Crippen molar-refractivity contribution in [2.24, 2.45) is 11.5 Å². The normalized spacial score (nSPS) is 8.20. The predicted octanol–water partition coefficient (Wildman–Crippen LogP) is -2.45. The molecular weight excluding hydrogens is 168 g/mol. The molecule has 9 heteroatoms. The largest absolute Gasteiger partial charge is 0.412 e. The molecule has 0 rings (SSSR count). The number of carbonyl (C=O) groups is 1. The van der Waals surface area contributed by atoms with E-state index in [9.17, 15) is 0 Å². The third kappa shape index (κ3) is 326. The summed E-state index contributed by atoms with van der Waals surface area (Å²) < 4.78 is 31.6. The molecule has 0 fully saturated rings. The molecule has 0 saturated heterocycles. The van der Waals surface area contributed by atoms with Crippen LogP contribution >= 0.6 is 0 Å². The number of primary amides is 2. The molecule has 0 bridgehead atoms. The minimum absolute atomic E-state index is 0. The Labute approximate surface area is 56.7 Å². The van der Waals surface area contributed by atoms with Crippen LogP contribution in [-0.2, 0) is 10.4 Å². The molecule has 0 radical (unpaired) electrons. The molecule has 10 heavy (non-hydrogen) atoms. The summed E-state index contributed by atoms with van der Waals surface area (Å²) in [5.74, 6) is 0. The quantitative estimate of drug-likeness (QED) is 0.299. The van der Waals surface area contributed by atoms with Crippen LogP contribution in [0.2, 0.25) is 0 Å². The van der Waals surface area contributed by atoms with Crippen molar-refractivity contribution in [2.45, 2.75) is 0 Å². The van der Waals surface area contributed by atoms with Crippen LogP contribution in [0.15, 0.2) is 0 Å². The summed E-state index contributed by atoms with van der Waals surface area (Å²) >= 11 is 0. The van der Waals surface area contributed by atoms with Gasteiger partial charge in [0.2, 0.25) is 0 Å². The van der Waals surface area contributed by atoms with Gasteiger partial charge in [0, 0.05) is 0 Å². The second-order valence-corrected chi connectivity index (χ2v) is 1.75. The van der Waals surface area contributed by atoms with Crippen LogP contribution in [0.5, 0.6) is 0 Å². The van der Waals surface area contributed by atoms with Crippen molar-refractivity contribution in [1.29, 1.82) is 0 Å². The third-order valence-electron chi connectivity index (χ3n) is 0. The Bertz CT molecular complexity index is 158. The van der Waals surface area contributed by atoms with Crippen LogP contribution in [0.4, 0.5) is 4.79 Å². The van der Waals surface area contributed by atoms with Gasteiger partial charge in [-0.1, -0.05) is 0 Å². The molecule has 0 aromatic carbocycles. The van der Waals surface area contributed by atoms with E-state index < -0.39 is 16.4 Å². The van der Waals surface area contributed by atoms with E-state index in [4.69, 9.17) is 22.3 Å². The van der Waals surface area contributed by atoms with Gasteiger partial charge in [-0.15, -0.1) is 0 Å². The maximum Gasteiger partial charge on any atom is 0.394 e. The van der Waals surface area contributed by atoms with Gasteiger partial charge < -0.3 is 16.9 Å². The third-order valence-corrected chi connectivity index (χ3v) is 0. The molecule has 0 heterocycles. The Morgan fingerprint density at radius 3 is 1.20 bits per heavy atom. The first kappa shape index (κ1) is 16.0. The molecule has 0 aliphatic heterocycles. The smallest absolute Gasteiger partial charge is 0.394 e. The van der Waals surface area contributed by atoms with Gasteiger partial charge in [-0.2, -0.15) is 8.42 Å². The lowest BCUT2D eigenvalue weighted by atomic mass is 11.2. The molecule has 0 unspecified atom stereocenters. The van der Waals surface area contributed by atoms with Crippen molar-refractivity contribution in [3.63, 3.8) is 0 Å². The SMILES string of the molecule is NC(N)=O.O.O=S(=O)(O)O. The molecule has 0 aliphatic rings. The number of urea groups is 1. The number of carbonyl (C=O) groups excluding carboxylic acids is 1. The topological polar surface area (TPSA) is 175 Å². The van der Waals surface area contributed by atoms with E-state index in [1.54, 1.807) is 0 Å². The second kappa shape index (κ2) is 6.22. The fraction of sp³-hybridized carbons (Fsp3) is 0. The zero-order valence-electron chi connectivity index (χ0n) is 4.68. The molecule has 0 atom stereocenters. The lowest BCUT2D eigenvalue weighted by Gasteiger charge is -1.68. The van der Waals surface area contributed by atoms with Crippen LogP contribution in [0.25, 0.3) is 0 Å². The van der Waals surface area contributed by atoms with E-state index in [0.717, 1.165) is 0 Å². The highest BCUT2D eigenvalue weighted by atomic mass is 32.3. The van der Waals surface area contributed by atoms with Crippen molar-refractivity contribution in [3.8, 4) is 0 Å². The first-order valence-electron chi connectivity index (χ1n) is 1.48. The van der Waals surface area contributed by atoms with Gasteiger partial charge in [-0.25, -0.2) is 4.79 Å². The summed E-state index contributed by atoms with van der Waals surface area (Å²) in [4.78, 5) is 9.00. The fourth-order valence-corrected chi connectivity index (χ4v) is 0. The van der Waals surface area contributed by atoms with E-state index >= 15 is 0 Å². The van der Waals surface area contributed by atoms with E-state index in [1.165, 1.54) is 0 Å². The Morgan fingerprint density at radius 1 is 1.20 bits per heavy atom. The highest BCUT2D eigenvalue weighted by molar-refractivity contribution is 7.79. The summed E-state index contributed by atoms with van der Waals surface area (Å²) in [6, 6.07) is -0.833. The number of amides is 2. The number of rotatable bonds is 0. The van der Waals surface area contributed by atoms with Crippen molar-refractivity contribution in [3.05, 3.63) is 0 Å². The average Bonchev–Trinajstić information content (AvgIpc) is 1.19. The molecule has 0 aromatic heterocycles. The zero-order chi connectivity index (χ0) is 8.08. The first-order valence-corrected chi connectivity index (χ1v) is 2.88. The Hall–Kier alpha value is -0.900. The number of nitrogens with two attached hydrogens (primary N) is 2. The average molecular weight is 176 g/mol.